The predicted molar refractivity (Wildman–Crippen MR) is 112 cm³/mol. The first-order valence-electron chi connectivity index (χ1n) is 8.83. The van der Waals surface area contributed by atoms with Crippen LogP contribution in [0.25, 0.3) is 0 Å². The Morgan fingerprint density at radius 2 is 1.63 bits per heavy atom. The molecule has 0 spiro atoms. The monoisotopic (exact) mass is 446 g/mol. The van der Waals surface area contributed by atoms with Gasteiger partial charge in [-0.1, -0.05) is 46.3 Å². The zero-order valence-corrected chi connectivity index (χ0v) is 17.8. The molecule has 0 saturated carbocycles. The van der Waals surface area contributed by atoms with Crippen LogP contribution in [0, 0.1) is 0 Å². The van der Waals surface area contributed by atoms with Gasteiger partial charge in [-0.15, -0.1) is 0 Å². The maximum Gasteiger partial charge on any atom is 0.243 e. The molecule has 0 fully saturated rings. The van der Waals surface area contributed by atoms with Crippen LogP contribution in [0.2, 0.25) is 0 Å². The average molecular weight is 447 g/mol. The third kappa shape index (κ3) is 4.69. The number of hydrogen-bond donors (Lipinski definition) is 0. The number of halogens is 1. The fourth-order valence-corrected chi connectivity index (χ4v) is 4.85. The molecule has 0 bridgehead atoms. The molecule has 0 radical (unpaired) electrons. The number of aromatic nitrogens is 1. The molecule has 0 saturated heterocycles. The third-order valence-electron chi connectivity index (χ3n) is 4.43. The Hall–Kier alpha value is -1.89. The van der Waals surface area contributed by atoms with Gasteiger partial charge in [0.05, 0.1) is 11.4 Å². The van der Waals surface area contributed by atoms with Crippen molar-refractivity contribution in [2.45, 2.75) is 37.9 Å². The van der Waals surface area contributed by atoms with Crippen molar-refractivity contribution in [3.63, 3.8) is 0 Å². The van der Waals surface area contributed by atoms with E-state index in [-0.39, 0.29) is 6.04 Å². The summed E-state index contributed by atoms with van der Waals surface area (Å²) in [5.74, 6) is 0. The highest BCUT2D eigenvalue weighted by atomic mass is 79.9. The van der Waals surface area contributed by atoms with E-state index in [1.807, 2.05) is 50.4 Å². The van der Waals surface area contributed by atoms with Gasteiger partial charge in [0.1, 0.15) is 0 Å². The van der Waals surface area contributed by atoms with Gasteiger partial charge in [0.15, 0.2) is 0 Å². The largest absolute Gasteiger partial charge is 0.346 e. The van der Waals surface area contributed by atoms with Crippen LogP contribution in [0.5, 0.6) is 0 Å². The van der Waals surface area contributed by atoms with Crippen LogP contribution < -0.4 is 0 Å². The Bertz CT molecular complexity index is 981. The van der Waals surface area contributed by atoms with Crippen molar-refractivity contribution in [1.82, 2.24) is 8.87 Å². The number of rotatable bonds is 7. The summed E-state index contributed by atoms with van der Waals surface area (Å²) in [7, 11) is -3.58. The van der Waals surface area contributed by atoms with Gasteiger partial charge in [-0.3, -0.25) is 0 Å². The van der Waals surface area contributed by atoms with E-state index in [9.17, 15) is 8.42 Å². The molecule has 142 valence electrons. The van der Waals surface area contributed by atoms with E-state index in [4.69, 9.17) is 0 Å². The Labute approximate surface area is 169 Å². The second kappa shape index (κ2) is 8.42. The summed E-state index contributed by atoms with van der Waals surface area (Å²) in [5, 5.41) is 0. The molecule has 0 aliphatic heterocycles. The van der Waals surface area contributed by atoms with E-state index < -0.39 is 10.0 Å². The van der Waals surface area contributed by atoms with Crippen molar-refractivity contribution >= 4 is 26.0 Å². The van der Waals surface area contributed by atoms with Crippen molar-refractivity contribution in [2.24, 2.45) is 0 Å². The van der Waals surface area contributed by atoms with E-state index in [0.29, 0.717) is 18.0 Å². The van der Waals surface area contributed by atoms with Crippen LogP contribution in [0.3, 0.4) is 0 Å². The van der Waals surface area contributed by atoms with Crippen molar-refractivity contribution in [1.29, 1.82) is 0 Å². The number of benzene rings is 2. The van der Waals surface area contributed by atoms with Crippen LogP contribution >= 0.6 is 15.9 Å². The molecule has 2 aromatic carbocycles. The fraction of sp³-hybridized carbons (Fsp3) is 0.238. The first-order chi connectivity index (χ1) is 12.9. The summed E-state index contributed by atoms with van der Waals surface area (Å²) in [5.41, 5.74) is 2.15. The van der Waals surface area contributed by atoms with Gasteiger partial charge < -0.3 is 4.57 Å². The predicted octanol–water partition coefficient (Wildman–Crippen LogP) is 4.90. The molecule has 27 heavy (non-hydrogen) atoms. The quantitative estimate of drug-likeness (QED) is 0.517. The number of hydrogen-bond acceptors (Lipinski definition) is 2. The first-order valence-corrected chi connectivity index (χ1v) is 11.1. The minimum Gasteiger partial charge on any atom is -0.346 e. The van der Waals surface area contributed by atoms with Crippen LogP contribution in [0.1, 0.15) is 25.1 Å². The Kier molecular flexibility index (Phi) is 6.19. The second-order valence-corrected chi connectivity index (χ2v) is 9.52. The fourth-order valence-electron chi connectivity index (χ4n) is 2.97. The number of nitrogens with zero attached hydrogens (tertiary/aromatic N) is 2. The molecule has 4 nitrogen and oxygen atoms in total. The average Bonchev–Trinajstić information content (AvgIpc) is 3.07. The maximum atomic E-state index is 13.2. The highest BCUT2D eigenvalue weighted by Gasteiger charge is 2.27. The Morgan fingerprint density at radius 1 is 0.963 bits per heavy atom. The van der Waals surface area contributed by atoms with Crippen LogP contribution in [0.15, 0.2) is 82.3 Å². The van der Waals surface area contributed by atoms with Gasteiger partial charge >= 0.3 is 0 Å². The minimum atomic E-state index is -3.58. The summed E-state index contributed by atoms with van der Waals surface area (Å²) in [6.45, 7) is 4.85. The first kappa shape index (κ1) is 19.9. The molecule has 0 aliphatic carbocycles. The van der Waals surface area contributed by atoms with Crippen LogP contribution in [-0.4, -0.2) is 23.3 Å². The van der Waals surface area contributed by atoms with Crippen molar-refractivity contribution in [3.8, 4) is 0 Å². The molecule has 1 heterocycles. The third-order valence-corrected chi connectivity index (χ3v) is 7.00. The Morgan fingerprint density at radius 3 is 2.26 bits per heavy atom. The van der Waals surface area contributed by atoms with Gasteiger partial charge in [-0.2, -0.15) is 4.31 Å². The van der Waals surface area contributed by atoms with E-state index in [2.05, 4.69) is 32.6 Å². The second-order valence-electron chi connectivity index (χ2n) is 6.71. The van der Waals surface area contributed by atoms with Crippen LogP contribution in [0.4, 0.5) is 0 Å². The van der Waals surface area contributed by atoms with Crippen molar-refractivity contribution in [2.75, 3.05) is 0 Å². The van der Waals surface area contributed by atoms with E-state index in [1.54, 1.807) is 28.6 Å². The normalized spacial score (nSPS) is 12.0. The van der Waals surface area contributed by atoms with Gasteiger partial charge in [-0.25, -0.2) is 8.42 Å². The number of sulfonamides is 1. The molecule has 0 atom stereocenters. The molecular weight excluding hydrogens is 424 g/mol. The highest BCUT2D eigenvalue weighted by Crippen LogP contribution is 2.23. The maximum absolute atomic E-state index is 13.2. The SMILES string of the molecule is CC(C)N(Cc1cccn1Cc1ccccc1)S(=O)(=O)c1ccc(Br)cc1. The lowest BCUT2D eigenvalue weighted by atomic mass is 10.2. The molecule has 0 aliphatic rings. The van der Waals surface area contributed by atoms with E-state index in [1.165, 1.54) is 5.56 Å². The molecule has 0 amide bonds. The minimum absolute atomic E-state index is 0.154. The van der Waals surface area contributed by atoms with E-state index in [0.717, 1.165) is 10.2 Å². The zero-order valence-electron chi connectivity index (χ0n) is 15.4. The smallest absolute Gasteiger partial charge is 0.243 e. The molecule has 0 N–H and O–H groups in total. The summed E-state index contributed by atoms with van der Waals surface area (Å²) >= 11 is 3.36. The van der Waals surface area contributed by atoms with Crippen molar-refractivity contribution in [3.05, 3.63) is 88.7 Å². The molecule has 0 unspecified atom stereocenters. The summed E-state index contributed by atoms with van der Waals surface area (Å²) in [6, 6.07) is 20.7. The summed E-state index contributed by atoms with van der Waals surface area (Å²) in [6.07, 6.45) is 1.99. The van der Waals surface area contributed by atoms with Gasteiger partial charge in [0, 0.05) is 29.0 Å². The highest BCUT2D eigenvalue weighted by molar-refractivity contribution is 9.10. The lowest BCUT2D eigenvalue weighted by Gasteiger charge is -2.26. The lowest BCUT2D eigenvalue weighted by Crippen LogP contribution is -2.37. The standard InChI is InChI=1S/C21H23BrN2O2S/c1-17(2)24(27(25,26)21-12-10-19(22)11-13-21)16-20-9-6-14-23(20)15-18-7-4-3-5-8-18/h3-14,17H,15-16H2,1-2H3. The lowest BCUT2D eigenvalue weighted by molar-refractivity contribution is 0.340. The molecular formula is C21H23BrN2O2S. The molecule has 6 heteroatoms. The van der Waals surface area contributed by atoms with Gasteiger partial charge in [0.25, 0.3) is 0 Å². The van der Waals surface area contributed by atoms with E-state index >= 15 is 0 Å². The van der Waals surface area contributed by atoms with Gasteiger partial charge in [-0.05, 0) is 55.8 Å². The van der Waals surface area contributed by atoms with Crippen LogP contribution in [-0.2, 0) is 23.1 Å². The summed E-state index contributed by atoms with van der Waals surface area (Å²) < 4.78 is 30.9. The summed E-state index contributed by atoms with van der Waals surface area (Å²) in [4.78, 5) is 0.306. The molecule has 1 aromatic heterocycles. The zero-order chi connectivity index (χ0) is 19.4. The molecule has 3 aromatic rings. The Balaban J connectivity index is 1.88. The topological polar surface area (TPSA) is 42.3 Å². The molecule has 3 rings (SSSR count). The van der Waals surface area contributed by atoms with Crippen molar-refractivity contribution < 1.29 is 8.42 Å². The van der Waals surface area contributed by atoms with Gasteiger partial charge in [0.2, 0.25) is 10.0 Å².